The first-order valence-electron chi connectivity index (χ1n) is 6.60. The van der Waals surface area contributed by atoms with Gasteiger partial charge in [0.05, 0.1) is 0 Å². The topological polar surface area (TPSA) is 0 Å². The lowest BCUT2D eigenvalue weighted by atomic mass is 10.0. The summed E-state index contributed by atoms with van der Waals surface area (Å²) in [4.78, 5) is 0. The van der Waals surface area contributed by atoms with Crippen LogP contribution in [0.4, 0.5) is 8.78 Å². The molecule has 0 saturated carbocycles. The van der Waals surface area contributed by atoms with Crippen molar-refractivity contribution in [1.29, 1.82) is 0 Å². The van der Waals surface area contributed by atoms with E-state index < -0.39 is 5.92 Å². The van der Waals surface area contributed by atoms with Crippen molar-refractivity contribution in [2.24, 2.45) is 0 Å². The van der Waals surface area contributed by atoms with E-state index in [0.29, 0.717) is 6.42 Å². The Bertz CT molecular complexity index is 293. The number of hydrogen-bond acceptors (Lipinski definition) is 0. The first-order valence-corrected chi connectivity index (χ1v) is 6.60. The Morgan fingerprint density at radius 3 is 2.12 bits per heavy atom. The summed E-state index contributed by atoms with van der Waals surface area (Å²) in [5, 5.41) is 0. The van der Waals surface area contributed by atoms with Crippen LogP contribution in [0.25, 0.3) is 0 Å². The van der Waals surface area contributed by atoms with Crippen molar-refractivity contribution in [2.75, 3.05) is 0 Å². The largest absolute Gasteiger partial charge is 0.273 e. The van der Waals surface area contributed by atoms with Crippen LogP contribution in [-0.2, 0) is 5.92 Å². The predicted molar refractivity (Wildman–Crippen MR) is 68.3 cm³/mol. The van der Waals surface area contributed by atoms with Crippen molar-refractivity contribution in [2.45, 2.75) is 57.8 Å². The normalized spacial score (nSPS) is 11.7. The maximum absolute atomic E-state index is 13.7. The number of rotatable bonds is 8. The highest BCUT2D eigenvalue weighted by atomic mass is 19.3. The fourth-order valence-corrected chi connectivity index (χ4v) is 1.95. The van der Waals surface area contributed by atoms with Gasteiger partial charge in [-0.15, -0.1) is 0 Å². The van der Waals surface area contributed by atoms with E-state index in [0.717, 1.165) is 12.8 Å². The molecular formula is C15H22F2. The van der Waals surface area contributed by atoms with Crippen LogP contribution in [0.1, 0.15) is 57.4 Å². The summed E-state index contributed by atoms with van der Waals surface area (Å²) in [5.41, 5.74) is 0.147. The third kappa shape index (κ3) is 5.29. The number of halogens is 2. The average molecular weight is 240 g/mol. The second-order valence-corrected chi connectivity index (χ2v) is 4.59. The van der Waals surface area contributed by atoms with Crippen LogP contribution >= 0.6 is 0 Å². The lowest BCUT2D eigenvalue weighted by molar-refractivity contribution is -0.0158. The van der Waals surface area contributed by atoms with Crippen molar-refractivity contribution in [3.8, 4) is 0 Å². The van der Waals surface area contributed by atoms with Crippen LogP contribution in [0.5, 0.6) is 0 Å². The van der Waals surface area contributed by atoms with Crippen LogP contribution in [0.3, 0.4) is 0 Å². The summed E-state index contributed by atoms with van der Waals surface area (Å²) in [5.74, 6) is -2.66. The maximum atomic E-state index is 13.7. The van der Waals surface area contributed by atoms with Gasteiger partial charge in [-0.05, 0) is 6.42 Å². The first-order chi connectivity index (χ1) is 8.17. The van der Waals surface area contributed by atoms with Crippen molar-refractivity contribution >= 4 is 0 Å². The number of alkyl halides is 2. The van der Waals surface area contributed by atoms with E-state index in [4.69, 9.17) is 0 Å². The van der Waals surface area contributed by atoms with E-state index in [2.05, 4.69) is 6.92 Å². The molecule has 0 aromatic heterocycles. The quantitative estimate of drug-likeness (QED) is 0.524. The van der Waals surface area contributed by atoms with E-state index >= 15 is 0 Å². The lowest BCUT2D eigenvalue weighted by Gasteiger charge is -2.16. The number of benzene rings is 1. The Morgan fingerprint density at radius 2 is 1.47 bits per heavy atom. The standard InChI is InChI=1S/C15H22F2/c1-2-3-4-5-6-10-13-15(16,17)14-11-8-7-9-12-14/h7-9,11-12H,2-6,10,13H2,1H3. The molecule has 0 saturated heterocycles. The zero-order chi connectivity index (χ0) is 12.6. The Balaban J connectivity index is 2.26. The van der Waals surface area contributed by atoms with Crippen LogP contribution in [-0.4, -0.2) is 0 Å². The molecule has 0 atom stereocenters. The zero-order valence-corrected chi connectivity index (χ0v) is 10.6. The van der Waals surface area contributed by atoms with Gasteiger partial charge in [0, 0.05) is 12.0 Å². The van der Waals surface area contributed by atoms with Crippen LogP contribution in [0.15, 0.2) is 30.3 Å². The molecule has 0 unspecified atom stereocenters. The zero-order valence-electron chi connectivity index (χ0n) is 10.6. The number of unbranched alkanes of at least 4 members (excludes halogenated alkanes) is 5. The minimum Gasteiger partial charge on any atom is -0.201 e. The highest BCUT2D eigenvalue weighted by molar-refractivity contribution is 5.19. The van der Waals surface area contributed by atoms with Crippen LogP contribution in [0, 0.1) is 0 Å². The Morgan fingerprint density at radius 1 is 0.882 bits per heavy atom. The summed E-state index contributed by atoms with van der Waals surface area (Å²) in [6, 6.07) is 8.13. The highest BCUT2D eigenvalue weighted by Crippen LogP contribution is 2.33. The van der Waals surface area contributed by atoms with Crippen molar-refractivity contribution in [3.63, 3.8) is 0 Å². The fourth-order valence-electron chi connectivity index (χ4n) is 1.95. The maximum Gasteiger partial charge on any atom is 0.273 e. The molecule has 0 aliphatic rings. The van der Waals surface area contributed by atoms with E-state index in [1.165, 1.54) is 31.4 Å². The van der Waals surface area contributed by atoms with Gasteiger partial charge < -0.3 is 0 Å². The third-order valence-electron chi connectivity index (χ3n) is 3.04. The summed E-state index contributed by atoms with van der Waals surface area (Å²) >= 11 is 0. The smallest absolute Gasteiger partial charge is 0.201 e. The number of hydrogen-bond donors (Lipinski definition) is 0. The monoisotopic (exact) mass is 240 g/mol. The molecule has 0 N–H and O–H groups in total. The fraction of sp³-hybridized carbons (Fsp3) is 0.600. The third-order valence-corrected chi connectivity index (χ3v) is 3.04. The van der Waals surface area contributed by atoms with Gasteiger partial charge in [0.2, 0.25) is 0 Å². The molecule has 0 spiro atoms. The van der Waals surface area contributed by atoms with Gasteiger partial charge in [0.15, 0.2) is 0 Å². The Hall–Kier alpha value is -0.920. The molecule has 1 aromatic rings. The minimum atomic E-state index is -2.66. The molecule has 2 heteroatoms. The van der Waals surface area contributed by atoms with Crippen molar-refractivity contribution in [3.05, 3.63) is 35.9 Å². The molecule has 0 bridgehead atoms. The SMILES string of the molecule is CCCCCCCCC(F)(F)c1ccccc1. The molecule has 1 aromatic carbocycles. The van der Waals surface area contributed by atoms with E-state index in [9.17, 15) is 8.78 Å². The molecule has 0 fully saturated rings. The Labute approximate surface area is 103 Å². The predicted octanol–water partition coefficient (Wildman–Crippen LogP) is 5.53. The molecule has 1 rings (SSSR count). The average Bonchev–Trinajstić information content (AvgIpc) is 2.35. The molecular weight excluding hydrogens is 218 g/mol. The second kappa shape index (κ2) is 7.41. The minimum absolute atomic E-state index is 0.0247. The lowest BCUT2D eigenvalue weighted by Crippen LogP contribution is -2.12. The van der Waals surface area contributed by atoms with Gasteiger partial charge in [-0.1, -0.05) is 69.4 Å². The van der Waals surface area contributed by atoms with E-state index in [1.54, 1.807) is 18.2 Å². The van der Waals surface area contributed by atoms with Crippen LogP contribution in [0.2, 0.25) is 0 Å². The molecule has 0 radical (unpaired) electrons. The van der Waals surface area contributed by atoms with Gasteiger partial charge in [0.25, 0.3) is 5.92 Å². The summed E-state index contributed by atoms with van der Waals surface area (Å²) in [6.07, 6.45) is 6.18. The van der Waals surface area contributed by atoms with E-state index in [-0.39, 0.29) is 12.0 Å². The van der Waals surface area contributed by atoms with Gasteiger partial charge in [-0.2, -0.15) is 0 Å². The second-order valence-electron chi connectivity index (χ2n) is 4.59. The van der Waals surface area contributed by atoms with Gasteiger partial charge in [0.1, 0.15) is 0 Å². The van der Waals surface area contributed by atoms with Crippen LogP contribution < -0.4 is 0 Å². The molecule has 0 amide bonds. The first kappa shape index (κ1) is 14.1. The summed E-state index contributed by atoms with van der Waals surface area (Å²) < 4.78 is 27.5. The molecule has 0 nitrogen and oxygen atoms in total. The molecule has 17 heavy (non-hydrogen) atoms. The highest BCUT2D eigenvalue weighted by Gasteiger charge is 2.29. The van der Waals surface area contributed by atoms with E-state index in [1.807, 2.05) is 0 Å². The van der Waals surface area contributed by atoms with Gasteiger partial charge in [-0.3, -0.25) is 0 Å². The molecule has 0 aliphatic carbocycles. The van der Waals surface area contributed by atoms with Crippen molar-refractivity contribution in [1.82, 2.24) is 0 Å². The Kier molecular flexibility index (Phi) is 6.17. The molecule has 96 valence electrons. The van der Waals surface area contributed by atoms with Crippen molar-refractivity contribution < 1.29 is 8.78 Å². The summed E-state index contributed by atoms with van der Waals surface area (Å²) in [7, 11) is 0. The van der Waals surface area contributed by atoms with Gasteiger partial charge in [-0.25, -0.2) is 8.78 Å². The molecule has 0 aliphatic heterocycles. The molecule has 0 heterocycles. The van der Waals surface area contributed by atoms with Gasteiger partial charge >= 0.3 is 0 Å². The summed E-state index contributed by atoms with van der Waals surface area (Å²) in [6.45, 7) is 2.16.